The molecule has 2 saturated heterocycles. The number of amides is 4. The van der Waals surface area contributed by atoms with Gasteiger partial charge in [-0.2, -0.15) is 13.2 Å². The minimum Gasteiger partial charge on any atom is -0.343 e. The number of alkyl halides is 3. The van der Waals surface area contributed by atoms with Crippen LogP contribution < -0.4 is 0 Å². The van der Waals surface area contributed by atoms with Crippen LogP contribution in [0.5, 0.6) is 0 Å². The summed E-state index contributed by atoms with van der Waals surface area (Å²) in [7, 11) is 0. The van der Waals surface area contributed by atoms with Crippen molar-refractivity contribution in [2.45, 2.75) is 36.4 Å². The van der Waals surface area contributed by atoms with Crippen LogP contribution in [0.2, 0.25) is 0 Å². The molecule has 2 aliphatic rings. The zero-order chi connectivity index (χ0) is 21.0. The summed E-state index contributed by atoms with van der Waals surface area (Å²) < 4.78 is 37.7. The Balaban J connectivity index is 1.44. The Labute approximate surface area is 171 Å². The molecular weight excluding hydrogens is 407 g/mol. The molecule has 2 aliphatic heterocycles. The van der Waals surface area contributed by atoms with Crippen LogP contribution in [0.15, 0.2) is 35.2 Å². The molecule has 0 atom stereocenters. The van der Waals surface area contributed by atoms with Gasteiger partial charge in [0.2, 0.25) is 5.91 Å². The summed E-state index contributed by atoms with van der Waals surface area (Å²) in [6, 6.07) is 8.56. The average molecular weight is 429 g/mol. The summed E-state index contributed by atoms with van der Waals surface area (Å²) in [5.41, 5.74) is 0. The normalized spacial score (nSPS) is 18.7. The third-order valence-electron chi connectivity index (χ3n) is 5.01. The van der Waals surface area contributed by atoms with Gasteiger partial charge in [-0.15, -0.1) is 11.8 Å². The molecule has 0 spiro atoms. The van der Waals surface area contributed by atoms with E-state index in [-0.39, 0.29) is 23.4 Å². The minimum absolute atomic E-state index is 0.0226. The molecule has 0 bridgehead atoms. The van der Waals surface area contributed by atoms with Crippen molar-refractivity contribution in [3.8, 4) is 0 Å². The van der Waals surface area contributed by atoms with Crippen LogP contribution in [0.4, 0.5) is 18.0 Å². The molecule has 0 unspecified atom stereocenters. The highest BCUT2D eigenvalue weighted by molar-refractivity contribution is 7.99. The second-order valence-corrected chi connectivity index (χ2v) is 8.20. The number of imide groups is 1. The van der Waals surface area contributed by atoms with Crippen LogP contribution in [-0.2, 0) is 9.59 Å². The number of hydrogen-bond donors (Lipinski definition) is 0. The van der Waals surface area contributed by atoms with Gasteiger partial charge in [-0.05, 0) is 25.0 Å². The summed E-state index contributed by atoms with van der Waals surface area (Å²) in [6.45, 7) is -1.04. The van der Waals surface area contributed by atoms with Gasteiger partial charge in [0, 0.05) is 36.2 Å². The lowest BCUT2D eigenvalue weighted by Gasteiger charge is -2.36. The number of nitrogens with zero attached hydrogens (tertiary/aromatic N) is 3. The van der Waals surface area contributed by atoms with Crippen molar-refractivity contribution in [3.05, 3.63) is 30.3 Å². The molecule has 2 fully saturated rings. The number of rotatable bonds is 6. The molecule has 6 nitrogen and oxygen atoms in total. The van der Waals surface area contributed by atoms with E-state index in [9.17, 15) is 27.6 Å². The van der Waals surface area contributed by atoms with Crippen LogP contribution in [0.3, 0.4) is 0 Å². The van der Waals surface area contributed by atoms with Crippen molar-refractivity contribution in [2.24, 2.45) is 0 Å². The Hall–Kier alpha value is -2.23. The molecule has 0 aliphatic carbocycles. The largest absolute Gasteiger partial charge is 0.406 e. The van der Waals surface area contributed by atoms with Crippen molar-refractivity contribution >= 4 is 29.6 Å². The molecule has 3 rings (SSSR count). The van der Waals surface area contributed by atoms with Crippen molar-refractivity contribution in [2.75, 3.05) is 31.9 Å². The van der Waals surface area contributed by atoms with E-state index in [0.29, 0.717) is 38.1 Å². The molecule has 0 radical (unpaired) electrons. The zero-order valence-electron chi connectivity index (χ0n) is 15.7. The predicted octanol–water partition coefficient (Wildman–Crippen LogP) is 2.99. The number of likely N-dealkylation sites (tertiary alicyclic amines) is 1. The van der Waals surface area contributed by atoms with Gasteiger partial charge in [0.25, 0.3) is 5.91 Å². The maximum Gasteiger partial charge on any atom is 0.406 e. The number of urea groups is 1. The lowest BCUT2D eigenvalue weighted by Crippen LogP contribution is -2.48. The average Bonchev–Trinajstić information content (AvgIpc) is 2.96. The Bertz CT molecular complexity index is 752. The first-order chi connectivity index (χ1) is 13.7. The summed E-state index contributed by atoms with van der Waals surface area (Å²) in [4.78, 5) is 40.7. The van der Waals surface area contributed by atoms with Gasteiger partial charge >= 0.3 is 12.2 Å². The van der Waals surface area contributed by atoms with Gasteiger partial charge < -0.3 is 9.80 Å². The maximum atomic E-state index is 12.6. The predicted molar refractivity (Wildman–Crippen MR) is 101 cm³/mol. The third-order valence-corrected chi connectivity index (χ3v) is 6.02. The number of piperidine rings is 1. The van der Waals surface area contributed by atoms with E-state index in [2.05, 4.69) is 0 Å². The zero-order valence-corrected chi connectivity index (χ0v) is 16.5. The molecular formula is C19H22F3N3O3S. The monoisotopic (exact) mass is 429 g/mol. The standard InChI is InChI=1S/C19H22F3N3O3S/c20-19(21,22)13-25-17(27)12-24(18(25)28)14-6-9-23(10-7-14)16(26)8-11-29-15-4-2-1-3-5-15/h1-5,14H,6-13H2. The number of benzene rings is 1. The van der Waals surface area contributed by atoms with Crippen LogP contribution in [0, 0.1) is 0 Å². The third kappa shape index (κ3) is 5.65. The molecule has 1 aromatic rings. The molecule has 29 heavy (non-hydrogen) atoms. The molecule has 158 valence electrons. The highest BCUT2D eigenvalue weighted by Crippen LogP contribution is 2.26. The van der Waals surface area contributed by atoms with Crippen LogP contribution in [0.1, 0.15) is 19.3 Å². The second-order valence-electron chi connectivity index (χ2n) is 7.03. The first-order valence-corrected chi connectivity index (χ1v) is 10.4. The van der Waals surface area contributed by atoms with Crippen molar-refractivity contribution in [1.82, 2.24) is 14.7 Å². The minimum atomic E-state index is -4.62. The summed E-state index contributed by atoms with van der Waals surface area (Å²) in [6.07, 6.45) is -3.31. The van der Waals surface area contributed by atoms with Gasteiger partial charge in [0.05, 0.1) is 0 Å². The quantitative estimate of drug-likeness (QED) is 0.515. The first kappa shape index (κ1) is 21.5. The second kappa shape index (κ2) is 9.06. The Morgan fingerprint density at radius 1 is 1.10 bits per heavy atom. The first-order valence-electron chi connectivity index (χ1n) is 9.38. The molecule has 0 saturated carbocycles. The van der Waals surface area contributed by atoms with E-state index >= 15 is 0 Å². The van der Waals surface area contributed by atoms with E-state index in [0.717, 1.165) is 4.90 Å². The highest BCUT2D eigenvalue weighted by Gasteiger charge is 2.45. The fraction of sp³-hybridized carbons (Fsp3) is 0.526. The van der Waals surface area contributed by atoms with Crippen LogP contribution in [0.25, 0.3) is 0 Å². The Kier molecular flexibility index (Phi) is 6.71. The van der Waals surface area contributed by atoms with E-state index in [4.69, 9.17) is 0 Å². The van der Waals surface area contributed by atoms with Crippen molar-refractivity contribution in [1.29, 1.82) is 0 Å². The van der Waals surface area contributed by atoms with Gasteiger partial charge in [-0.1, -0.05) is 18.2 Å². The Morgan fingerprint density at radius 3 is 2.38 bits per heavy atom. The summed E-state index contributed by atoms with van der Waals surface area (Å²) in [5.74, 6) is -0.146. The highest BCUT2D eigenvalue weighted by atomic mass is 32.2. The molecule has 0 N–H and O–H groups in total. The van der Waals surface area contributed by atoms with E-state index in [1.54, 1.807) is 16.7 Å². The van der Waals surface area contributed by atoms with Gasteiger partial charge in [0.1, 0.15) is 13.1 Å². The molecule has 4 amide bonds. The molecule has 0 aromatic heterocycles. The van der Waals surface area contributed by atoms with Crippen LogP contribution >= 0.6 is 11.8 Å². The molecule has 2 heterocycles. The van der Waals surface area contributed by atoms with E-state index in [1.165, 1.54) is 4.90 Å². The fourth-order valence-corrected chi connectivity index (χ4v) is 4.40. The number of halogens is 3. The number of thioether (sulfide) groups is 1. The van der Waals surface area contributed by atoms with Gasteiger partial charge in [-0.3, -0.25) is 14.5 Å². The molecule has 1 aromatic carbocycles. The lowest BCUT2D eigenvalue weighted by atomic mass is 10.0. The molecule has 10 heteroatoms. The smallest absolute Gasteiger partial charge is 0.343 e. The maximum absolute atomic E-state index is 12.6. The topological polar surface area (TPSA) is 60.9 Å². The number of hydrogen-bond acceptors (Lipinski definition) is 4. The summed E-state index contributed by atoms with van der Waals surface area (Å²) >= 11 is 1.60. The lowest BCUT2D eigenvalue weighted by molar-refractivity contribution is -0.151. The van der Waals surface area contributed by atoms with E-state index in [1.807, 2.05) is 30.3 Å². The van der Waals surface area contributed by atoms with Crippen LogP contribution in [-0.4, -0.2) is 76.7 Å². The fourth-order valence-electron chi connectivity index (χ4n) is 3.54. The van der Waals surface area contributed by atoms with E-state index < -0.39 is 24.7 Å². The van der Waals surface area contributed by atoms with Crippen molar-refractivity contribution in [3.63, 3.8) is 0 Å². The van der Waals surface area contributed by atoms with Gasteiger partial charge in [-0.25, -0.2) is 4.79 Å². The van der Waals surface area contributed by atoms with Crippen molar-refractivity contribution < 1.29 is 27.6 Å². The number of carbonyl (C=O) groups is 3. The van der Waals surface area contributed by atoms with Gasteiger partial charge in [0.15, 0.2) is 0 Å². The Morgan fingerprint density at radius 2 is 1.76 bits per heavy atom. The summed E-state index contributed by atoms with van der Waals surface area (Å²) in [5, 5.41) is 0. The number of carbonyl (C=O) groups excluding carboxylic acids is 3. The SMILES string of the molecule is O=C(CCSc1ccccc1)N1CCC(N2CC(=O)N(CC(F)(F)F)C2=O)CC1.